The van der Waals surface area contributed by atoms with Gasteiger partial charge in [0.05, 0.1) is 21.8 Å². The molecule has 1 aromatic rings. The molecule has 0 saturated heterocycles. The minimum absolute atomic E-state index is 0.132. The third-order valence-electron chi connectivity index (χ3n) is 5.70. The number of nitro benzene ring substituents is 1. The average molecular weight is 399 g/mol. The molecule has 1 fully saturated rings. The molecule has 0 radical (unpaired) electrons. The Labute approximate surface area is 169 Å². The molecule has 1 N–H and O–H groups in total. The molecule has 1 aliphatic rings. The molecule has 0 spiro atoms. The first-order valence-electron chi connectivity index (χ1n) is 9.24. The first-order chi connectivity index (χ1) is 13.2. The zero-order chi connectivity index (χ0) is 22.4. The van der Waals surface area contributed by atoms with Gasteiger partial charge in [-0.2, -0.15) is 0 Å². The number of carbonyl (C=O) groups excluding carboxylic acids is 3. The van der Waals surface area contributed by atoms with Gasteiger partial charge in [0.25, 0.3) is 5.69 Å². The van der Waals surface area contributed by atoms with Crippen molar-refractivity contribution in [2.75, 3.05) is 0 Å². The minimum atomic E-state index is -1.44. The average Bonchev–Trinajstić information content (AvgIpc) is 2.64. The number of rotatable bonds is 3. The molecule has 29 heavy (non-hydrogen) atoms. The van der Waals surface area contributed by atoms with E-state index in [2.05, 4.69) is 0 Å². The molecule has 1 aliphatic carbocycles. The molecule has 154 valence electrons. The highest BCUT2D eigenvalue weighted by atomic mass is 16.6. The number of Topliss-reactive ketones (excluding diaryl/α,β-unsaturated/α-hetero) is 3. The summed E-state index contributed by atoms with van der Waals surface area (Å²) in [5.41, 5.74) is 0.381. The van der Waals surface area contributed by atoms with Crippen molar-refractivity contribution in [1.82, 2.24) is 0 Å². The molecule has 1 aromatic carbocycles. The number of carbonyl (C=O) groups is 3. The normalized spacial score (nSPS) is 20.5. The monoisotopic (exact) mass is 399 g/mol. The summed E-state index contributed by atoms with van der Waals surface area (Å²) < 4.78 is 0. The van der Waals surface area contributed by atoms with E-state index >= 15 is 0 Å². The summed E-state index contributed by atoms with van der Waals surface area (Å²) in [7, 11) is 0. The lowest BCUT2D eigenvalue weighted by Gasteiger charge is -2.31. The summed E-state index contributed by atoms with van der Waals surface area (Å²) in [4.78, 5) is 48.9. The van der Waals surface area contributed by atoms with Gasteiger partial charge in [-0.3, -0.25) is 24.5 Å². The number of hydrogen-bond donors (Lipinski definition) is 1. The fraction of sp³-hybridized carbons (Fsp3) is 0.409. The van der Waals surface area contributed by atoms with Crippen molar-refractivity contribution in [2.45, 2.75) is 48.5 Å². The summed E-state index contributed by atoms with van der Waals surface area (Å²) in [6.45, 7) is 11.2. The second kappa shape index (κ2) is 7.39. The number of aliphatic hydroxyl groups is 1. The second-order valence-corrected chi connectivity index (χ2v) is 8.14. The molecule has 1 saturated carbocycles. The largest absolute Gasteiger partial charge is 0.506 e. The van der Waals surface area contributed by atoms with Crippen LogP contribution in [0.1, 0.15) is 58.2 Å². The number of allylic oxidation sites excluding steroid dienone is 3. The van der Waals surface area contributed by atoms with Gasteiger partial charge in [0, 0.05) is 11.6 Å². The van der Waals surface area contributed by atoms with E-state index in [1.165, 1.54) is 32.9 Å². The zero-order valence-corrected chi connectivity index (χ0v) is 17.7. The number of nitrogens with zero attached hydrogens (tertiary/aromatic N) is 1. The lowest BCUT2D eigenvalue weighted by atomic mass is 9.67. The molecular weight excluding hydrogens is 374 g/mol. The lowest BCUT2D eigenvalue weighted by molar-refractivity contribution is -0.385. The predicted molar refractivity (Wildman–Crippen MR) is 109 cm³/mol. The number of benzene rings is 1. The van der Waals surface area contributed by atoms with Crippen LogP contribution in [0.2, 0.25) is 0 Å². The maximum atomic E-state index is 12.9. The number of hydrogen-bond acceptors (Lipinski definition) is 6. The van der Waals surface area contributed by atoms with Crippen LogP contribution in [0.3, 0.4) is 0 Å². The van der Waals surface area contributed by atoms with E-state index < -0.39 is 44.9 Å². The summed E-state index contributed by atoms with van der Waals surface area (Å²) in [5, 5.41) is 22.4. The molecule has 0 bridgehead atoms. The fourth-order valence-corrected chi connectivity index (χ4v) is 3.60. The molecule has 0 aliphatic heterocycles. The standard InChI is InChI=1S/C22H25NO6/c1-10(2)11(3)16-12(4)14(8-9-15(16)23(28)29)19(25)17-18(24)13(5)20(26)22(6,7)21(17)27/h8-9,13,25H,1-7H3. The van der Waals surface area contributed by atoms with Gasteiger partial charge in [0.2, 0.25) is 0 Å². The van der Waals surface area contributed by atoms with E-state index in [1.807, 2.05) is 13.8 Å². The van der Waals surface area contributed by atoms with E-state index in [1.54, 1.807) is 13.8 Å². The Morgan fingerprint density at radius 3 is 2.17 bits per heavy atom. The number of ketones is 3. The first kappa shape index (κ1) is 22.2. The number of nitro groups is 1. The van der Waals surface area contributed by atoms with E-state index in [0.717, 1.165) is 5.57 Å². The van der Waals surface area contributed by atoms with Gasteiger partial charge in [0.15, 0.2) is 17.3 Å². The third-order valence-corrected chi connectivity index (χ3v) is 5.70. The smallest absolute Gasteiger partial charge is 0.277 e. The Morgan fingerprint density at radius 2 is 1.69 bits per heavy atom. The van der Waals surface area contributed by atoms with Crippen LogP contribution in [-0.2, 0) is 14.4 Å². The molecule has 0 heterocycles. The van der Waals surface area contributed by atoms with Crippen molar-refractivity contribution < 1.29 is 24.4 Å². The van der Waals surface area contributed by atoms with Gasteiger partial charge >= 0.3 is 0 Å². The van der Waals surface area contributed by atoms with Crippen LogP contribution < -0.4 is 0 Å². The van der Waals surface area contributed by atoms with Gasteiger partial charge in [-0.25, -0.2) is 0 Å². The van der Waals surface area contributed by atoms with Crippen LogP contribution in [0.5, 0.6) is 0 Å². The molecule has 1 unspecified atom stereocenters. The molecular formula is C22H25NO6. The second-order valence-electron chi connectivity index (χ2n) is 8.14. The fourth-order valence-electron chi connectivity index (χ4n) is 3.60. The van der Waals surface area contributed by atoms with Crippen LogP contribution >= 0.6 is 0 Å². The molecule has 0 amide bonds. The highest BCUT2D eigenvalue weighted by Crippen LogP contribution is 2.39. The first-order valence-corrected chi connectivity index (χ1v) is 9.24. The Kier molecular flexibility index (Phi) is 5.65. The lowest BCUT2D eigenvalue weighted by Crippen LogP contribution is -2.48. The summed E-state index contributed by atoms with van der Waals surface area (Å²) in [6.07, 6.45) is 0. The highest BCUT2D eigenvalue weighted by molar-refractivity contribution is 6.38. The van der Waals surface area contributed by atoms with Crippen molar-refractivity contribution in [2.24, 2.45) is 11.3 Å². The summed E-state index contributed by atoms with van der Waals surface area (Å²) in [6, 6.07) is 2.57. The Bertz CT molecular complexity index is 1020. The topological polar surface area (TPSA) is 115 Å². The van der Waals surface area contributed by atoms with Crippen molar-refractivity contribution in [3.8, 4) is 0 Å². The highest BCUT2D eigenvalue weighted by Gasteiger charge is 2.50. The van der Waals surface area contributed by atoms with Gasteiger partial charge in [-0.05, 0) is 65.7 Å². The van der Waals surface area contributed by atoms with Gasteiger partial charge in [0.1, 0.15) is 11.3 Å². The van der Waals surface area contributed by atoms with Crippen LogP contribution in [0.15, 0.2) is 23.3 Å². The molecule has 7 heteroatoms. The molecule has 2 rings (SSSR count). The Hall–Kier alpha value is -3.09. The number of aliphatic hydroxyl groups excluding tert-OH is 1. The van der Waals surface area contributed by atoms with Crippen molar-refractivity contribution in [3.05, 3.63) is 50.1 Å². The molecule has 1 atom stereocenters. The van der Waals surface area contributed by atoms with Crippen LogP contribution in [0.4, 0.5) is 5.69 Å². The van der Waals surface area contributed by atoms with Crippen molar-refractivity contribution in [1.29, 1.82) is 0 Å². The van der Waals surface area contributed by atoms with Crippen LogP contribution in [-0.4, -0.2) is 27.4 Å². The minimum Gasteiger partial charge on any atom is -0.506 e. The van der Waals surface area contributed by atoms with E-state index in [9.17, 15) is 29.6 Å². The molecule has 7 nitrogen and oxygen atoms in total. The summed E-state index contributed by atoms with van der Waals surface area (Å²) in [5.74, 6) is -3.60. The maximum Gasteiger partial charge on any atom is 0.277 e. The van der Waals surface area contributed by atoms with Crippen LogP contribution in [0, 0.1) is 28.4 Å². The zero-order valence-electron chi connectivity index (χ0n) is 17.7. The summed E-state index contributed by atoms with van der Waals surface area (Å²) >= 11 is 0. The van der Waals surface area contributed by atoms with Crippen LogP contribution in [0.25, 0.3) is 11.3 Å². The van der Waals surface area contributed by atoms with Crippen molar-refractivity contribution in [3.63, 3.8) is 0 Å². The quantitative estimate of drug-likeness (QED) is 0.202. The SMILES string of the molecule is CC(C)=C(C)c1c([N+](=O)[O-])ccc(C(O)=C2C(=O)C(C)C(=O)C(C)(C)C2=O)c1C. The third kappa shape index (κ3) is 3.41. The Balaban J connectivity index is 2.87. The van der Waals surface area contributed by atoms with Crippen molar-refractivity contribution >= 4 is 34.4 Å². The Morgan fingerprint density at radius 1 is 1.14 bits per heavy atom. The van der Waals surface area contributed by atoms with Gasteiger partial charge in [-0.1, -0.05) is 5.57 Å². The van der Waals surface area contributed by atoms with Gasteiger partial charge < -0.3 is 5.11 Å². The van der Waals surface area contributed by atoms with E-state index in [4.69, 9.17) is 0 Å². The van der Waals surface area contributed by atoms with Gasteiger partial charge in [-0.15, -0.1) is 0 Å². The van der Waals surface area contributed by atoms with E-state index in [0.29, 0.717) is 16.7 Å². The van der Waals surface area contributed by atoms with E-state index in [-0.39, 0.29) is 11.3 Å². The maximum absolute atomic E-state index is 12.9. The molecule has 0 aromatic heterocycles. The predicted octanol–water partition coefficient (Wildman–Crippen LogP) is 4.37.